The standard InChI is InChI=1S/C27H28N6O3/c1-18-7-9-22(10-8-18)32-16-21(13-24(32)34)26(35)28-11-12-33-25-23(14-30-33)27(36)31(17-29-25)15-20-6-4-3-5-19(20)2/h3-10,14,17,21H,11-13,15-16H2,1-2H3,(H,28,35). The maximum atomic E-state index is 13.0. The second-order valence-electron chi connectivity index (χ2n) is 9.24. The zero-order valence-corrected chi connectivity index (χ0v) is 20.3. The minimum Gasteiger partial charge on any atom is -0.354 e. The first-order chi connectivity index (χ1) is 17.4. The smallest absolute Gasteiger partial charge is 0.264 e. The molecule has 36 heavy (non-hydrogen) atoms. The Kier molecular flexibility index (Phi) is 6.37. The van der Waals surface area contributed by atoms with Crippen molar-refractivity contribution in [1.29, 1.82) is 0 Å². The van der Waals surface area contributed by atoms with E-state index in [9.17, 15) is 14.4 Å². The van der Waals surface area contributed by atoms with Gasteiger partial charge in [0.25, 0.3) is 5.56 Å². The van der Waals surface area contributed by atoms with Crippen molar-refractivity contribution < 1.29 is 9.59 Å². The summed E-state index contributed by atoms with van der Waals surface area (Å²) in [6.45, 7) is 5.49. The number of nitrogens with zero attached hydrogens (tertiary/aromatic N) is 5. The molecule has 2 aromatic heterocycles. The van der Waals surface area contributed by atoms with Gasteiger partial charge in [-0.15, -0.1) is 0 Å². The molecule has 2 amide bonds. The van der Waals surface area contributed by atoms with Gasteiger partial charge >= 0.3 is 0 Å². The molecule has 1 atom stereocenters. The fraction of sp³-hybridized carbons (Fsp3) is 0.296. The van der Waals surface area contributed by atoms with Gasteiger partial charge in [-0.2, -0.15) is 5.10 Å². The first-order valence-electron chi connectivity index (χ1n) is 12.0. The fourth-order valence-electron chi connectivity index (χ4n) is 4.53. The highest BCUT2D eigenvalue weighted by Crippen LogP contribution is 2.25. The van der Waals surface area contributed by atoms with Gasteiger partial charge in [0.2, 0.25) is 11.8 Å². The van der Waals surface area contributed by atoms with Crippen molar-refractivity contribution >= 4 is 28.5 Å². The van der Waals surface area contributed by atoms with Crippen molar-refractivity contribution in [2.24, 2.45) is 5.92 Å². The van der Waals surface area contributed by atoms with Crippen molar-refractivity contribution in [1.82, 2.24) is 24.6 Å². The third-order valence-electron chi connectivity index (χ3n) is 6.69. The van der Waals surface area contributed by atoms with E-state index in [1.165, 1.54) is 12.5 Å². The molecule has 2 aromatic carbocycles. The van der Waals surface area contributed by atoms with Crippen LogP contribution in [-0.2, 0) is 22.7 Å². The molecule has 1 fully saturated rings. The second-order valence-corrected chi connectivity index (χ2v) is 9.24. The lowest BCUT2D eigenvalue weighted by Gasteiger charge is -2.17. The summed E-state index contributed by atoms with van der Waals surface area (Å²) >= 11 is 0. The molecule has 5 rings (SSSR count). The number of fused-ring (bicyclic) bond motifs is 1. The number of hydrogen-bond donors (Lipinski definition) is 1. The van der Waals surface area contributed by atoms with Crippen LogP contribution in [0.1, 0.15) is 23.1 Å². The van der Waals surface area contributed by atoms with Crippen LogP contribution in [0, 0.1) is 19.8 Å². The average molecular weight is 485 g/mol. The van der Waals surface area contributed by atoms with Crippen LogP contribution >= 0.6 is 0 Å². The minimum atomic E-state index is -0.403. The number of anilines is 1. The van der Waals surface area contributed by atoms with Gasteiger partial charge in [0.05, 0.1) is 25.2 Å². The zero-order chi connectivity index (χ0) is 25.2. The van der Waals surface area contributed by atoms with Crippen LogP contribution in [0.15, 0.2) is 65.8 Å². The molecule has 9 nitrogen and oxygen atoms in total. The number of rotatable bonds is 7. The Balaban J connectivity index is 1.20. The first kappa shape index (κ1) is 23.5. The number of amides is 2. The molecule has 0 spiro atoms. The number of nitrogens with one attached hydrogen (secondary N) is 1. The van der Waals surface area contributed by atoms with Crippen LogP contribution < -0.4 is 15.8 Å². The van der Waals surface area contributed by atoms with E-state index in [4.69, 9.17) is 0 Å². The maximum Gasteiger partial charge on any atom is 0.264 e. The van der Waals surface area contributed by atoms with Gasteiger partial charge in [0, 0.05) is 25.2 Å². The second kappa shape index (κ2) is 9.77. The molecular formula is C27H28N6O3. The summed E-state index contributed by atoms with van der Waals surface area (Å²) in [7, 11) is 0. The van der Waals surface area contributed by atoms with E-state index in [1.807, 2.05) is 62.4 Å². The highest BCUT2D eigenvalue weighted by Gasteiger charge is 2.34. The van der Waals surface area contributed by atoms with E-state index in [1.54, 1.807) is 14.1 Å². The summed E-state index contributed by atoms with van der Waals surface area (Å²) < 4.78 is 3.20. The Hall–Kier alpha value is -4.27. The van der Waals surface area contributed by atoms with Gasteiger partial charge < -0.3 is 10.2 Å². The van der Waals surface area contributed by atoms with E-state index in [2.05, 4.69) is 15.4 Å². The summed E-state index contributed by atoms with van der Waals surface area (Å²) in [4.78, 5) is 44.3. The lowest BCUT2D eigenvalue weighted by Crippen LogP contribution is -2.35. The van der Waals surface area contributed by atoms with E-state index >= 15 is 0 Å². The normalized spacial score (nSPS) is 15.6. The van der Waals surface area contributed by atoms with Crippen molar-refractivity contribution in [2.75, 3.05) is 18.0 Å². The van der Waals surface area contributed by atoms with Crippen LogP contribution in [0.2, 0.25) is 0 Å². The van der Waals surface area contributed by atoms with Crippen LogP contribution in [0.5, 0.6) is 0 Å². The lowest BCUT2D eigenvalue weighted by molar-refractivity contribution is -0.126. The van der Waals surface area contributed by atoms with E-state index < -0.39 is 5.92 Å². The Morgan fingerprint density at radius 3 is 2.64 bits per heavy atom. The summed E-state index contributed by atoms with van der Waals surface area (Å²) in [6.07, 6.45) is 3.25. The summed E-state index contributed by atoms with van der Waals surface area (Å²) in [5, 5.41) is 7.66. The lowest BCUT2D eigenvalue weighted by atomic mass is 10.1. The van der Waals surface area contributed by atoms with Gasteiger partial charge in [-0.05, 0) is 37.1 Å². The number of hydrogen-bond acceptors (Lipinski definition) is 5. The molecular weight excluding hydrogens is 456 g/mol. The molecule has 9 heteroatoms. The predicted molar refractivity (Wildman–Crippen MR) is 137 cm³/mol. The van der Waals surface area contributed by atoms with Crippen molar-refractivity contribution in [3.63, 3.8) is 0 Å². The van der Waals surface area contributed by atoms with E-state index in [0.29, 0.717) is 37.2 Å². The van der Waals surface area contributed by atoms with Crippen molar-refractivity contribution in [2.45, 2.75) is 33.4 Å². The topological polar surface area (TPSA) is 102 Å². The summed E-state index contributed by atoms with van der Waals surface area (Å²) in [5.74, 6) is -0.619. The first-order valence-corrected chi connectivity index (χ1v) is 12.0. The van der Waals surface area contributed by atoms with Crippen LogP contribution in [0.4, 0.5) is 5.69 Å². The van der Waals surface area contributed by atoms with Gasteiger partial charge in [-0.1, -0.05) is 42.0 Å². The summed E-state index contributed by atoms with van der Waals surface area (Å²) in [6, 6.07) is 15.6. The van der Waals surface area contributed by atoms with Crippen molar-refractivity contribution in [3.05, 3.63) is 88.1 Å². The molecule has 1 aliphatic heterocycles. The fourth-order valence-corrected chi connectivity index (χ4v) is 4.53. The Labute approximate surface area is 208 Å². The van der Waals surface area contributed by atoms with Gasteiger partial charge in [0.1, 0.15) is 11.7 Å². The molecule has 184 valence electrons. The Morgan fingerprint density at radius 2 is 1.86 bits per heavy atom. The highest BCUT2D eigenvalue weighted by molar-refractivity contribution is 6.00. The highest BCUT2D eigenvalue weighted by atomic mass is 16.2. The largest absolute Gasteiger partial charge is 0.354 e. The Morgan fingerprint density at radius 1 is 1.08 bits per heavy atom. The number of carbonyl (C=O) groups excluding carboxylic acids is 2. The van der Waals surface area contributed by atoms with Gasteiger partial charge in [-0.3, -0.25) is 19.0 Å². The third kappa shape index (κ3) is 4.64. The monoisotopic (exact) mass is 484 g/mol. The molecule has 1 saturated heterocycles. The number of benzene rings is 2. The molecule has 1 unspecified atom stereocenters. The number of carbonyl (C=O) groups is 2. The Bertz CT molecular complexity index is 1490. The van der Waals surface area contributed by atoms with Crippen molar-refractivity contribution in [3.8, 4) is 0 Å². The molecule has 1 aliphatic rings. The molecule has 0 saturated carbocycles. The molecule has 1 N–H and O–H groups in total. The van der Waals surface area contributed by atoms with Crippen LogP contribution in [0.3, 0.4) is 0 Å². The molecule has 4 aromatic rings. The zero-order valence-electron chi connectivity index (χ0n) is 20.3. The minimum absolute atomic E-state index is 0.0525. The number of aryl methyl sites for hydroxylation is 2. The van der Waals surface area contributed by atoms with Gasteiger partial charge in [-0.25, -0.2) is 9.67 Å². The predicted octanol–water partition coefficient (Wildman–Crippen LogP) is 2.43. The van der Waals surface area contributed by atoms with Crippen LogP contribution in [-0.4, -0.2) is 44.2 Å². The maximum absolute atomic E-state index is 13.0. The van der Waals surface area contributed by atoms with Crippen LogP contribution in [0.25, 0.3) is 11.0 Å². The molecule has 0 aliphatic carbocycles. The molecule has 0 bridgehead atoms. The van der Waals surface area contributed by atoms with E-state index in [-0.39, 0.29) is 23.8 Å². The quantitative estimate of drug-likeness (QED) is 0.434. The summed E-state index contributed by atoms with van der Waals surface area (Å²) in [5.41, 5.74) is 4.42. The van der Waals surface area contributed by atoms with Gasteiger partial charge in [0.15, 0.2) is 5.65 Å². The van der Waals surface area contributed by atoms with E-state index in [0.717, 1.165) is 22.4 Å². The third-order valence-corrected chi connectivity index (χ3v) is 6.69. The molecule has 3 heterocycles. The SMILES string of the molecule is Cc1ccc(N2CC(C(=O)NCCn3ncc4c(=O)n(Cc5ccccc5C)cnc43)CC2=O)cc1. The molecule has 0 radical (unpaired) electrons. The number of aromatic nitrogens is 4. The average Bonchev–Trinajstić information content (AvgIpc) is 3.47.